The summed E-state index contributed by atoms with van der Waals surface area (Å²) in [5.41, 5.74) is 1.03. The molecule has 1 aromatic carbocycles. The molecule has 0 aromatic heterocycles. The van der Waals surface area contributed by atoms with Crippen LogP contribution in [-0.2, 0) is 4.79 Å². The van der Waals surface area contributed by atoms with Crippen molar-refractivity contribution in [2.45, 2.75) is 13.1 Å². The lowest BCUT2D eigenvalue weighted by Gasteiger charge is -2.18. The molecule has 0 spiro atoms. The van der Waals surface area contributed by atoms with E-state index in [-0.39, 0.29) is 5.69 Å². The van der Waals surface area contributed by atoms with Crippen molar-refractivity contribution in [2.24, 2.45) is 0 Å². The van der Waals surface area contributed by atoms with E-state index in [1.54, 1.807) is 19.1 Å². The van der Waals surface area contributed by atoms with Gasteiger partial charge in [-0.2, -0.15) is 13.2 Å². The summed E-state index contributed by atoms with van der Waals surface area (Å²) in [5, 5.41) is 0. The number of hydrogen-bond donors (Lipinski definition) is 0. The molecular weight excluding hydrogens is 207 g/mol. The third kappa shape index (κ3) is 2.71. The van der Waals surface area contributed by atoms with Gasteiger partial charge in [-0.1, -0.05) is 12.1 Å². The van der Waals surface area contributed by atoms with Gasteiger partial charge in [-0.3, -0.25) is 4.79 Å². The fourth-order valence-corrected chi connectivity index (χ4v) is 1.14. The van der Waals surface area contributed by atoms with Gasteiger partial charge in [0.05, 0.1) is 0 Å². The third-order valence-corrected chi connectivity index (χ3v) is 1.94. The Bertz CT molecular complexity index is 373. The summed E-state index contributed by atoms with van der Waals surface area (Å²) in [6, 6.07) is 6.32. The van der Waals surface area contributed by atoms with Crippen LogP contribution in [0.1, 0.15) is 5.56 Å². The van der Waals surface area contributed by atoms with Gasteiger partial charge in [0.1, 0.15) is 0 Å². The lowest BCUT2D eigenvalue weighted by molar-refractivity contribution is -0.170. The summed E-state index contributed by atoms with van der Waals surface area (Å²) in [6.45, 7) is 1.75. The molecule has 0 unspecified atom stereocenters. The number of rotatable bonds is 1. The van der Waals surface area contributed by atoms with E-state index >= 15 is 0 Å². The fraction of sp³-hybridized carbons (Fsp3) is 0.300. The lowest BCUT2D eigenvalue weighted by Crippen LogP contribution is -2.38. The van der Waals surface area contributed by atoms with Gasteiger partial charge >= 0.3 is 12.1 Å². The summed E-state index contributed by atoms with van der Waals surface area (Å²) in [6.07, 6.45) is -4.83. The Morgan fingerprint density at radius 1 is 1.33 bits per heavy atom. The second-order valence-electron chi connectivity index (χ2n) is 3.20. The molecule has 82 valence electrons. The summed E-state index contributed by atoms with van der Waals surface area (Å²) in [4.78, 5) is 11.5. The second-order valence-corrected chi connectivity index (χ2v) is 3.20. The van der Waals surface area contributed by atoms with E-state index in [1.165, 1.54) is 12.1 Å². The summed E-state index contributed by atoms with van der Waals surface area (Å²) < 4.78 is 36.3. The van der Waals surface area contributed by atoms with E-state index in [0.29, 0.717) is 4.90 Å². The van der Waals surface area contributed by atoms with Crippen LogP contribution in [0, 0.1) is 6.92 Å². The van der Waals surface area contributed by atoms with Gasteiger partial charge in [-0.25, -0.2) is 0 Å². The Balaban J connectivity index is 2.95. The van der Waals surface area contributed by atoms with Crippen molar-refractivity contribution in [1.82, 2.24) is 0 Å². The smallest absolute Gasteiger partial charge is 0.308 e. The molecular formula is C10H10F3NO. The molecule has 1 aromatic rings. The van der Waals surface area contributed by atoms with E-state index in [4.69, 9.17) is 0 Å². The van der Waals surface area contributed by atoms with E-state index in [1.807, 2.05) is 0 Å². The lowest BCUT2D eigenvalue weighted by atomic mass is 10.2. The van der Waals surface area contributed by atoms with Crippen LogP contribution in [0.2, 0.25) is 0 Å². The zero-order valence-electron chi connectivity index (χ0n) is 8.30. The number of halogens is 3. The van der Waals surface area contributed by atoms with Crippen LogP contribution in [0.3, 0.4) is 0 Å². The van der Waals surface area contributed by atoms with Crippen LogP contribution in [0.5, 0.6) is 0 Å². The average molecular weight is 217 g/mol. The van der Waals surface area contributed by atoms with E-state index in [9.17, 15) is 18.0 Å². The molecule has 0 heterocycles. The van der Waals surface area contributed by atoms with Gasteiger partial charge in [-0.15, -0.1) is 0 Å². The Hall–Kier alpha value is -1.52. The van der Waals surface area contributed by atoms with E-state index < -0.39 is 12.1 Å². The standard InChI is InChI=1S/C10H10F3NO/c1-7-4-3-5-8(6-7)14(2)9(15)10(11,12)13/h3-6H,1-2H3. The molecule has 1 rings (SSSR count). The van der Waals surface area contributed by atoms with Gasteiger partial charge in [0.25, 0.3) is 0 Å². The first-order valence-corrected chi connectivity index (χ1v) is 4.24. The number of nitrogens with zero attached hydrogens (tertiary/aromatic N) is 1. The van der Waals surface area contributed by atoms with Crippen molar-refractivity contribution in [2.75, 3.05) is 11.9 Å². The Morgan fingerprint density at radius 2 is 1.93 bits per heavy atom. The highest BCUT2D eigenvalue weighted by Crippen LogP contribution is 2.22. The van der Waals surface area contributed by atoms with Crippen molar-refractivity contribution in [3.63, 3.8) is 0 Å². The van der Waals surface area contributed by atoms with Gasteiger partial charge in [0, 0.05) is 12.7 Å². The number of alkyl halides is 3. The predicted molar refractivity (Wildman–Crippen MR) is 50.6 cm³/mol. The largest absolute Gasteiger partial charge is 0.471 e. The Morgan fingerprint density at radius 3 is 2.40 bits per heavy atom. The van der Waals surface area contributed by atoms with Crippen LogP contribution in [0.4, 0.5) is 18.9 Å². The SMILES string of the molecule is Cc1cccc(N(C)C(=O)C(F)(F)F)c1. The molecule has 0 aliphatic heterocycles. The fourth-order valence-electron chi connectivity index (χ4n) is 1.14. The monoisotopic (exact) mass is 217 g/mol. The van der Waals surface area contributed by atoms with Crippen molar-refractivity contribution < 1.29 is 18.0 Å². The maximum atomic E-state index is 12.1. The van der Waals surface area contributed by atoms with Gasteiger partial charge in [0.2, 0.25) is 0 Å². The molecule has 5 heteroatoms. The number of hydrogen-bond acceptors (Lipinski definition) is 1. The van der Waals surface area contributed by atoms with Crippen LogP contribution < -0.4 is 4.90 Å². The second kappa shape index (κ2) is 3.92. The molecule has 0 fully saturated rings. The number of anilines is 1. The first-order chi connectivity index (χ1) is 6.82. The maximum absolute atomic E-state index is 12.1. The number of aryl methyl sites for hydroxylation is 1. The topological polar surface area (TPSA) is 20.3 Å². The molecule has 15 heavy (non-hydrogen) atoms. The maximum Gasteiger partial charge on any atom is 0.471 e. The Kier molecular flexibility index (Phi) is 3.02. The normalized spacial score (nSPS) is 11.3. The molecule has 0 saturated carbocycles. The summed E-state index contributed by atoms with van der Waals surface area (Å²) >= 11 is 0. The number of amides is 1. The quantitative estimate of drug-likeness (QED) is 0.707. The molecule has 0 aliphatic carbocycles. The van der Waals surface area contributed by atoms with E-state index in [2.05, 4.69) is 0 Å². The predicted octanol–water partition coefficient (Wildman–Crippen LogP) is 2.52. The molecule has 0 N–H and O–H groups in total. The minimum absolute atomic E-state index is 0.234. The minimum Gasteiger partial charge on any atom is -0.308 e. The molecule has 0 bridgehead atoms. The Labute approximate surface area is 85.3 Å². The molecule has 0 aliphatic rings. The highest BCUT2D eigenvalue weighted by Gasteiger charge is 2.41. The first-order valence-electron chi connectivity index (χ1n) is 4.24. The molecule has 1 amide bonds. The third-order valence-electron chi connectivity index (χ3n) is 1.94. The van der Waals surface area contributed by atoms with Crippen molar-refractivity contribution in [1.29, 1.82) is 0 Å². The molecule has 2 nitrogen and oxygen atoms in total. The van der Waals surface area contributed by atoms with Crippen LogP contribution in [-0.4, -0.2) is 19.1 Å². The van der Waals surface area contributed by atoms with E-state index in [0.717, 1.165) is 12.6 Å². The average Bonchev–Trinajstić information content (AvgIpc) is 2.14. The summed E-state index contributed by atoms with van der Waals surface area (Å²) in [7, 11) is 1.10. The number of carbonyl (C=O) groups is 1. The first kappa shape index (κ1) is 11.6. The van der Waals surface area contributed by atoms with Gasteiger partial charge < -0.3 is 4.90 Å². The molecule has 0 saturated heterocycles. The van der Waals surface area contributed by atoms with Crippen molar-refractivity contribution in [3.8, 4) is 0 Å². The number of carbonyl (C=O) groups excluding carboxylic acids is 1. The molecule has 0 atom stereocenters. The van der Waals surface area contributed by atoms with Crippen LogP contribution in [0.25, 0.3) is 0 Å². The molecule has 0 radical (unpaired) electrons. The van der Waals surface area contributed by atoms with Gasteiger partial charge in [0.15, 0.2) is 0 Å². The highest BCUT2D eigenvalue weighted by molar-refractivity contribution is 5.96. The van der Waals surface area contributed by atoms with Crippen molar-refractivity contribution >= 4 is 11.6 Å². The summed E-state index contributed by atoms with van der Waals surface area (Å²) in [5.74, 6) is -1.87. The van der Waals surface area contributed by atoms with Gasteiger partial charge in [-0.05, 0) is 24.6 Å². The minimum atomic E-state index is -4.83. The zero-order chi connectivity index (χ0) is 11.6. The zero-order valence-corrected chi connectivity index (χ0v) is 8.30. The van der Waals surface area contributed by atoms with Crippen LogP contribution >= 0.6 is 0 Å². The number of benzene rings is 1. The van der Waals surface area contributed by atoms with Crippen LogP contribution in [0.15, 0.2) is 24.3 Å². The van der Waals surface area contributed by atoms with Crippen molar-refractivity contribution in [3.05, 3.63) is 29.8 Å². The highest BCUT2D eigenvalue weighted by atomic mass is 19.4.